The number of amides is 2. The first kappa shape index (κ1) is 18.5. The summed E-state index contributed by atoms with van der Waals surface area (Å²) in [5.74, 6) is -0.898. The van der Waals surface area contributed by atoms with Gasteiger partial charge in [-0.05, 0) is 37.3 Å². The van der Waals surface area contributed by atoms with E-state index in [1.807, 2.05) is 6.92 Å². The third kappa shape index (κ3) is 5.36. The van der Waals surface area contributed by atoms with E-state index >= 15 is 0 Å². The number of halogens is 2. The largest absolute Gasteiger partial charge is 0.490 e. The van der Waals surface area contributed by atoms with Crippen molar-refractivity contribution in [3.8, 4) is 11.5 Å². The number of hydrazine groups is 1. The van der Waals surface area contributed by atoms with Crippen LogP contribution in [-0.2, 0) is 4.79 Å². The van der Waals surface area contributed by atoms with Gasteiger partial charge in [-0.3, -0.25) is 20.4 Å². The van der Waals surface area contributed by atoms with Gasteiger partial charge in [-0.2, -0.15) is 0 Å². The van der Waals surface area contributed by atoms with E-state index in [0.29, 0.717) is 18.1 Å². The Bertz CT molecular complexity index is 770. The standard InChI is InChI=1S/C17H16ClFN2O4/c1-2-24-14-5-3-4-6-15(14)25-10-16(22)20-21-17(23)12-8-7-11(19)9-13(12)18/h3-9H,2,10H2,1H3,(H,20,22)(H,21,23). The highest BCUT2D eigenvalue weighted by atomic mass is 35.5. The molecule has 0 aliphatic heterocycles. The van der Waals surface area contributed by atoms with Gasteiger partial charge < -0.3 is 9.47 Å². The number of hydrogen-bond acceptors (Lipinski definition) is 4. The average Bonchev–Trinajstić information content (AvgIpc) is 2.59. The van der Waals surface area contributed by atoms with Crippen molar-refractivity contribution in [2.75, 3.05) is 13.2 Å². The molecule has 0 bridgehead atoms. The highest BCUT2D eigenvalue weighted by Crippen LogP contribution is 2.26. The van der Waals surface area contributed by atoms with Crippen LogP contribution < -0.4 is 20.3 Å². The Morgan fingerprint density at radius 3 is 2.40 bits per heavy atom. The number of benzene rings is 2. The maximum Gasteiger partial charge on any atom is 0.276 e. The van der Waals surface area contributed by atoms with Crippen molar-refractivity contribution >= 4 is 23.4 Å². The lowest BCUT2D eigenvalue weighted by atomic mass is 10.2. The molecule has 6 nitrogen and oxygen atoms in total. The smallest absolute Gasteiger partial charge is 0.276 e. The van der Waals surface area contributed by atoms with Crippen molar-refractivity contribution in [2.24, 2.45) is 0 Å². The molecule has 132 valence electrons. The lowest BCUT2D eigenvalue weighted by Crippen LogP contribution is -2.43. The minimum atomic E-state index is -0.673. The van der Waals surface area contributed by atoms with Crippen LogP contribution in [0.5, 0.6) is 11.5 Å². The Hall–Kier alpha value is -2.80. The molecule has 25 heavy (non-hydrogen) atoms. The summed E-state index contributed by atoms with van der Waals surface area (Å²) in [6, 6.07) is 10.2. The molecule has 2 N–H and O–H groups in total. The monoisotopic (exact) mass is 366 g/mol. The molecule has 0 atom stereocenters. The average molecular weight is 367 g/mol. The summed E-state index contributed by atoms with van der Waals surface area (Å²) in [5.41, 5.74) is 4.40. The molecule has 0 heterocycles. The van der Waals surface area contributed by atoms with Crippen molar-refractivity contribution < 1.29 is 23.5 Å². The Balaban J connectivity index is 1.86. The van der Waals surface area contributed by atoms with Gasteiger partial charge in [0.05, 0.1) is 17.2 Å². The van der Waals surface area contributed by atoms with Crippen LogP contribution in [0.4, 0.5) is 4.39 Å². The van der Waals surface area contributed by atoms with E-state index in [2.05, 4.69) is 10.9 Å². The summed E-state index contributed by atoms with van der Waals surface area (Å²) >= 11 is 5.78. The van der Waals surface area contributed by atoms with Gasteiger partial charge in [0.2, 0.25) is 0 Å². The van der Waals surface area contributed by atoms with Crippen molar-refractivity contribution in [3.05, 3.63) is 58.9 Å². The maximum absolute atomic E-state index is 13.0. The molecule has 0 unspecified atom stereocenters. The molecule has 0 saturated heterocycles. The summed E-state index contributed by atoms with van der Waals surface area (Å²) in [7, 11) is 0. The highest BCUT2D eigenvalue weighted by molar-refractivity contribution is 6.33. The topological polar surface area (TPSA) is 76.7 Å². The van der Waals surface area contributed by atoms with E-state index in [9.17, 15) is 14.0 Å². The van der Waals surface area contributed by atoms with Crippen molar-refractivity contribution in [2.45, 2.75) is 6.92 Å². The summed E-state index contributed by atoms with van der Waals surface area (Å²) < 4.78 is 23.7. The summed E-state index contributed by atoms with van der Waals surface area (Å²) in [6.07, 6.45) is 0. The minimum absolute atomic E-state index is 0.0333. The fourth-order valence-corrected chi connectivity index (χ4v) is 2.14. The molecule has 8 heteroatoms. The van der Waals surface area contributed by atoms with E-state index in [4.69, 9.17) is 21.1 Å². The van der Waals surface area contributed by atoms with Crippen LogP contribution in [0.2, 0.25) is 5.02 Å². The number of carbonyl (C=O) groups is 2. The Morgan fingerprint density at radius 1 is 1.08 bits per heavy atom. The van der Waals surface area contributed by atoms with Gasteiger partial charge in [0.1, 0.15) is 5.82 Å². The summed E-state index contributed by atoms with van der Waals surface area (Å²) in [5, 5.41) is -0.0614. The SMILES string of the molecule is CCOc1ccccc1OCC(=O)NNC(=O)c1ccc(F)cc1Cl. The zero-order valence-electron chi connectivity index (χ0n) is 13.3. The maximum atomic E-state index is 13.0. The fraction of sp³-hybridized carbons (Fsp3) is 0.176. The second kappa shape index (κ2) is 8.89. The summed E-state index contributed by atoms with van der Waals surface area (Å²) in [4.78, 5) is 23.7. The number of para-hydroxylation sites is 2. The second-order valence-corrected chi connectivity index (χ2v) is 5.20. The lowest BCUT2D eigenvalue weighted by Gasteiger charge is -2.12. The van der Waals surface area contributed by atoms with Gasteiger partial charge >= 0.3 is 0 Å². The zero-order valence-corrected chi connectivity index (χ0v) is 14.1. The summed E-state index contributed by atoms with van der Waals surface area (Å²) in [6.45, 7) is 1.96. The van der Waals surface area contributed by atoms with Crippen LogP contribution in [0.25, 0.3) is 0 Å². The molecule has 2 aromatic carbocycles. The van der Waals surface area contributed by atoms with Crippen LogP contribution in [0, 0.1) is 5.82 Å². The molecule has 0 aromatic heterocycles. The molecule has 2 rings (SSSR count). The molecular formula is C17H16ClFN2O4. The first-order chi connectivity index (χ1) is 12.0. The Kier molecular flexibility index (Phi) is 6.59. The quantitative estimate of drug-likeness (QED) is 0.771. The van der Waals surface area contributed by atoms with Crippen molar-refractivity contribution in [1.29, 1.82) is 0 Å². The normalized spacial score (nSPS) is 10.0. The molecule has 0 aliphatic carbocycles. The fourth-order valence-electron chi connectivity index (χ4n) is 1.89. The van der Waals surface area contributed by atoms with E-state index < -0.39 is 17.6 Å². The molecule has 2 aromatic rings. The van der Waals surface area contributed by atoms with Gasteiger partial charge in [0.15, 0.2) is 18.1 Å². The first-order valence-electron chi connectivity index (χ1n) is 7.40. The van der Waals surface area contributed by atoms with Crippen molar-refractivity contribution in [3.63, 3.8) is 0 Å². The first-order valence-corrected chi connectivity index (χ1v) is 7.78. The van der Waals surface area contributed by atoms with Crippen LogP contribution in [0.1, 0.15) is 17.3 Å². The van der Waals surface area contributed by atoms with Crippen LogP contribution in [0.3, 0.4) is 0 Å². The minimum Gasteiger partial charge on any atom is -0.490 e. The number of nitrogens with one attached hydrogen (secondary N) is 2. The Morgan fingerprint density at radius 2 is 1.76 bits per heavy atom. The number of ether oxygens (including phenoxy) is 2. The molecule has 0 aliphatic rings. The second-order valence-electron chi connectivity index (χ2n) is 4.79. The predicted octanol–water partition coefficient (Wildman–Crippen LogP) is 2.72. The number of carbonyl (C=O) groups excluding carboxylic acids is 2. The highest BCUT2D eigenvalue weighted by Gasteiger charge is 2.13. The van der Waals surface area contributed by atoms with Crippen LogP contribution >= 0.6 is 11.6 Å². The van der Waals surface area contributed by atoms with Crippen LogP contribution in [-0.4, -0.2) is 25.0 Å². The molecule has 2 amide bonds. The third-order valence-corrected chi connectivity index (χ3v) is 3.31. The predicted molar refractivity (Wildman–Crippen MR) is 90.1 cm³/mol. The van der Waals surface area contributed by atoms with Gasteiger partial charge in [-0.15, -0.1) is 0 Å². The van der Waals surface area contributed by atoms with Gasteiger partial charge in [-0.25, -0.2) is 4.39 Å². The van der Waals surface area contributed by atoms with Crippen molar-refractivity contribution in [1.82, 2.24) is 10.9 Å². The van der Waals surface area contributed by atoms with Gasteiger partial charge in [-0.1, -0.05) is 23.7 Å². The molecule has 0 fully saturated rings. The number of rotatable bonds is 6. The molecule has 0 radical (unpaired) electrons. The lowest BCUT2D eigenvalue weighted by molar-refractivity contribution is -0.123. The van der Waals surface area contributed by atoms with Crippen LogP contribution in [0.15, 0.2) is 42.5 Å². The Labute approximate surface area is 148 Å². The van der Waals surface area contributed by atoms with E-state index in [0.717, 1.165) is 12.1 Å². The van der Waals surface area contributed by atoms with E-state index in [-0.39, 0.29) is 17.2 Å². The molecule has 0 spiro atoms. The zero-order chi connectivity index (χ0) is 18.2. The number of hydrogen-bond donors (Lipinski definition) is 2. The van der Waals surface area contributed by atoms with E-state index in [1.165, 1.54) is 6.07 Å². The third-order valence-electron chi connectivity index (χ3n) is 3.00. The molecule has 0 saturated carbocycles. The van der Waals surface area contributed by atoms with E-state index in [1.54, 1.807) is 24.3 Å². The molecular weight excluding hydrogens is 351 g/mol. The van der Waals surface area contributed by atoms with Gasteiger partial charge in [0, 0.05) is 0 Å². The van der Waals surface area contributed by atoms with Gasteiger partial charge in [0.25, 0.3) is 11.8 Å².